The summed E-state index contributed by atoms with van der Waals surface area (Å²) in [6.45, 7) is 3.00. The first-order valence-corrected chi connectivity index (χ1v) is 9.61. The summed E-state index contributed by atoms with van der Waals surface area (Å²) in [5, 5.41) is 3.14. The first kappa shape index (κ1) is 17.4. The molecule has 0 unspecified atom stereocenters. The molecule has 1 aromatic heterocycles. The van der Waals surface area contributed by atoms with E-state index in [1.165, 1.54) is 12.4 Å². The van der Waals surface area contributed by atoms with Gasteiger partial charge in [0.05, 0.1) is 6.20 Å². The Kier molecular flexibility index (Phi) is 4.89. The van der Waals surface area contributed by atoms with Crippen LogP contribution in [0.2, 0.25) is 0 Å². The third kappa shape index (κ3) is 3.32. The zero-order valence-electron chi connectivity index (χ0n) is 15.0. The number of carbonyl (C=O) groups is 2. The number of nitrogens with zero attached hydrogens (tertiary/aromatic N) is 3. The minimum absolute atomic E-state index is 0.131. The molecule has 1 atom stereocenters. The van der Waals surface area contributed by atoms with Gasteiger partial charge in [-0.05, 0) is 43.9 Å². The molecular formula is C19H26N4O3. The van der Waals surface area contributed by atoms with Gasteiger partial charge in [-0.2, -0.15) is 0 Å². The largest absolute Gasteiger partial charge is 0.381 e. The van der Waals surface area contributed by atoms with Gasteiger partial charge in [-0.3, -0.25) is 14.6 Å². The van der Waals surface area contributed by atoms with Crippen molar-refractivity contribution >= 4 is 11.8 Å². The van der Waals surface area contributed by atoms with Crippen LogP contribution in [0, 0.1) is 11.3 Å². The lowest BCUT2D eigenvalue weighted by molar-refractivity contribution is -0.142. The van der Waals surface area contributed by atoms with Crippen molar-refractivity contribution in [1.82, 2.24) is 20.2 Å². The van der Waals surface area contributed by atoms with Crippen molar-refractivity contribution in [2.24, 2.45) is 11.3 Å². The first-order chi connectivity index (χ1) is 12.7. The van der Waals surface area contributed by atoms with Crippen LogP contribution in [0.4, 0.5) is 0 Å². The summed E-state index contributed by atoms with van der Waals surface area (Å²) < 4.78 is 5.36. The van der Waals surface area contributed by atoms with Crippen molar-refractivity contribution in [3.8, 4) is 0 Å². The van der Waals surface area contributed by atoms with Crippen LogP contribution in [-0.4, -0.2) is 59.0 Å². The van der Waals surface area contributed by atoms with Crippen LogP contribution < -0.4 is 5.32 Å². The number of hydrogen-bond acceptors (Lipinski definition) is 5. The summed E-state index contributed by atoms with van der Waals surface area (Å²) in [4.78, 5) is 35.1. The highest BCUT2D eigenvalue weighted by Crippen LogP contribution is 2.49. The van der Waals surface area contributed by atoms with Gasteiger partial charge in [0.2, 0.25) is 5.91 Å². The second-order valence-corrected chi connectivity index (χ2v) is 7.73. The normalized spacial score (nSPS) is 25.5. The predicted molar refractivity (Wildman–Crippen MR) is 94.3 cm³/mol. The molecule has 26 heavy (non-hydrogen) atoms. The lowest BCUT2D eigenvalue weighted by Gasteiger charge is -2.54. The highest BCUT2D eigenvalue weighted by Gasteiger charge is 2.49. The van der Waals surface area contributed by atoms with E-state index < -0.39 is 0 Å². The maximum atomic E-state index is 12.7. The van der Waals surface area contributed by atoms with Gasteiger partial charge in [0.25, 0.3) is 5.91 Å². The lowest BCUT2D eigenvalue weighted by atomic mass is 9.59. The van der Waals surface area contributed by atoms with E-state index in [9.17, 15) is 9.59 Å². The average molecular weight is 358 g/mol. The third-order valence-electron chi connectivity index (χ3n) is 6.41. The molecule has 1 aliphatic carbocycles. The molecule has 3 heterocycles. The second-order valence-electron chi connectivity index (χ2n) is 7.73. The van der Waals surface area contributed by atoms with Crippen LogP contribution in [-0.2, 0) is 9.53 Å². The number of ether oxygens (including phenoxy) is 1. The van der Waals surface area contributed by atoms with Crippen molar-refractivity contribution in [3.63, 3.8) is 0 Å². The maximum Gasteiger partial charge on any atom is 0.271 e. The number of amides is 2. The molecule has 1 N–H and O–H groups in total. The van der Waals surface area contributed by atoms with Gasteiger partial charge < -0.3 is 15.0 Å². The standard InChI is InChI=1S/C19H26N4O3/c24-17(15-13-20-7-8-21-15)22-16-1-4-19(16)5-9-23(10-6-19)18(25)14-2-11-26-12-3-14/h7-8,13-14,16H,1-6,9-12H2,(H,22,24)/t16-/m0/s1. The molecule has 7 nitrogen and oxygen atoms in total. The fourth-order valence-corrected chi connectivity index (χ4v) is 4.54. The minimum Gasteiger partial charge on any atom is -0.381 e. The van der Waals surface area contributed by atoms with Crippen molar-refractivity contribution in [1.29, 1.82) is 0 Å². The van der Waals surface area contributed by atoms with Crippen molar-refractivity contribution in [2.75, 3.05) is 26.3 Å². The number of carbonyl (C=O) groups excluding carboxylic acids is 2. The number of aromatic nitrogens is 2. The van der Waals surface area contributed by atoms with Crippen molar-refractivity contribution in [2.45, 2.75) is 44.6 Å². The summed E-state index contributed by atoms with van der Waals surface area (Å²) in [6.07, 6.45) is 10.3. The average Bonchev–Trinajstić information content (AvgIpc) is 2.72. The Labute approximate surface area is 153 Å². The first-order valence-electron chi connectivity index (χ1n) is 9.61. The van der Waals surface area contributed by atoms with Crippen LogP contribution in [0.5, 0.6) is 0 Å². The van der Waals surface area contributed by atoms with Gasteiger partial charge in [-0.25, -0.2) is 4.98 Å². The number of hydrogen-bond donors (Lipinski definition) is 1. The topological polar surface area (TPSA) is 84.4 Å². The Balaban J connectivity index is 1.32. The lowest BCUT2D eigenvalue weighted by Crippen LogP contribution is -2.60. The third-order valence-corrected chi connectivity index (χ3v) is 6.41. The number of likely N-dealkylation sites (tertiary alicyclic amines) is 1. The summed E-state index contributed by atoms with van der Waals surface area (Å²) >= 11 is 0. The van der Waals surface area contributed by atoms with Gasteiger partial charge in [0.1, 0.15) is 5.69 Å². The summed E-state index contributed by atoms with van der Waals surface area (Å²) in [5.41, 5.74) is 0.506. The van der Waals surface area contributed by atoms with E-state index in [-0.39, 0.29) is 23.3 Å². The predicted octanol–water partition coefficient (Wildman–Crippen LogP) is 1.40. The fraction of sp³-hybridized carbons (Fsp3) is 0.684. The van der Waals surface area contributed by atoms with Gasteiger partial charge in [-0.1, -0.05) is 0 Å². The van der Waals surface area contributed by atoms with Crippen LogP contribution in [0.1, 0.15) is 49.0 Å². The second kappa shape index (κ2) is 7.31. The maximum absolute atomic E-state index is 12.7. The summed E-state index contributed by atoms with van der Waals surface area (Å²) in [6, 6.07) is 0.178. The van der Waals surface area contributed by atoms with Gasteiger partial charge >= 0.3 is 0 Å². The molecule has 2 amide bonds. The molecule has 4 rings (SSSR count). The van der Waals surface area contributed by atoms with Crippen LogP contribution in [0.25, 0.3) is 0 Å². The van der Waals surface area contributed by atoms with Gasteiger partial charge in [0.15, 0.2) is 0 Å². The van der Waals surface area contributed by atoms with E-state index >= 15 is 0 Å². The Morgan fingerprint density at radius 1 is 1.12 bits per heavy atom. The Morgan fingerprint density at radius 2 is 1.88 bits per heavy atom. The molecule has 2 aliphatic heterocycles. The Hall–Kier alpha value is -2.02. The molecule has 7 heteroatoms. The Bertz CT molecular complexity index is 652. The Morgan fingerprint density at radius 3 is 2.50 bits per heavy atom. The molecule has 0 radical (unpaired) electrons. The molecule has 1 aromatic rings. The van der Waals surface area contributed by atoms with Crippen LogP contribution in [0.3, 0.4) is 0 Å². The molecule has 3 aliphatic rings. The van der Waals surface area contributed by atoms with Crippen molar-refractivity contribution < 1.29 is 14.3 Å². The number of nitrogens with one attached hydrogen (secondary N) is 1. The summed E-state index contributed by atoms with van der Waals surface area (Å²) in [7, 11) is 0. The number of rotatable bonds is 3. The molecule has 0 bridgehead atoms. The minimum atomic E-state index is -0.150. The van der Waals surface area contributed by atoms with Crippen LogP contribution in [0.15, 0.2) is 18.6 Å². The zero-order chi connectivity index (χ0) is 18.0. The zero-order valence-corrected chi connectivity index (χ0v) is 15.0. The monoisotopic (exact) mass is 358 g/mol. The van der Waals surface area contributed by atoms with Gasteiger partial charge in [0, 0.05) is 50.7 Å². The molecular weight excluding hydrogens is 332 g/mol. The van der Waals surface area contributed by atoms with E-state index in [2.05, 4.69) is 15.3 Å². The molecule has 1 saturated carbocycles. The SMILES string of the molecule is O=C(N[C@H]1CCC12CCN(C(=O)C1CCOCC1)CC2)c1cnccn1. The van der Waals surface area contributed by atoms with E-state index in [1.54, 1.807) is 6.20 Å². The highest BCUT2D eigenvalue weighted by atomic mass is 16.5. The van der Waals surface area contributed by atoms with E-state index in [1.807, 2.05) is 4.90 Å². The molecule has 2 saturated heterocycles. The molecule has 0 aromatic carbocycles. The quantitative estimate of drug-likeness (QED) is 0.883. The van der Waals surface area contributed by atoms with E-state index in [4.69, 9.17) is 4.74 Å². The molecule has 1 spiro atoms. The van der Waals surface area contributed by atoms with E-state index in [0.29, 0.717) is 24.8 Å². The fourth-order valence-electron chi connectivity index (χ4n) is 4.54. The number of piperidine rings is 1. The van der Waals surface area contributed by atoms with Crippen molar-refractivity contribution in [3.05, 3.63) is 24.3 Å². The van der Waals surface area contributed by atoms with E-state index in [0.717, 1.165) is 51.6 Å². The van der Waals surface area contributed by atoms with Gasteiger partial charge in [-0.15, -0.1) is 0 Å². The smallest absolute Gasteiger partial charge is 0.271 e. The van der Waals surface area contributed by atoms with Crippen LogP contribution >= 0.6 is 0 Å². The highest BCUT2D eigenvalue weighted by molar-refractivity contribution is 5.92. The summed E-state index contributed by atoms with van der Waals surface area (Å²) in [5.74, 6) is 0.275. The molecule has 3 fully saturated rings. The molecule has 140 valence electrons.